The molecule has 0 aliphatic rings. The summed E-state index contributed by atoms with van der Waals surface area (Å²) in [5, 5.41) is 7.70. The zero-order valence-corrected chi connectivity index (χ0v) is 13.5. The molecular weight excluding hydrogens is 314 g/mol. The lowest BCUT2D eigenvalue weighted by atomic mass is 10.2. The van der Waals surface area contributed by atoms with E-state index in [1.165, 1.54) is 0 Å². The van der Waals surface area contributed by atoms with Gasteiger partial charge in [0.05, 0.1) is 4.90 Å². The normalized spacial score (nSPS) is 11.4. The van der Waals surface area contributed by atoms with Gasteiger partial charge < -0.3 is 4.42 Å². The van der Waals surface area contributed by atoms with Crippen LogP contribution in [-0.4, -0.2) is 18.6 Å². The van der Waals surface area contributed by atoms with Crippen molar-refractivity contribution < 1.29 is 12.8 Å². The predicted molar refractivity (Wildman–Crippen MR) is 86.5 cm³/mol. The van der Waals surface area contributed by atoms with E-state index in [1.807, 2.05) is 13.0 Å². The summed E-state index contributed by atoms with van der Waals surface area (Å²) in [6.45, 7) is 3.54. The first-order valence-corrected chi connectivity index (χ1v) is 8.42. The quantitative estimate of drug-likeness (QED) is 0.794. The fourth-order valence-electron chi connectivity index (χ4n) is 2.13. The van der Waals surface area contributed by atoms with Gasteiger partial charge in [0.15, 0.2) is 0 Å². The standard InChI is InChI=1S/C16H15N3O3S/c1-11-5-3-8-15(9-11)23(20,21)19-14-7-4-6-13(10-14)16-18-17-12(2)22-16/h3-10,19H,1-2H3. The van der Waals surface area contributed by atoms with E-state index in [4.69, 9.17) is 4.42 Å². The van der Waals surface area contributed by atoms with Crippen LogP contribution in [0.4, 0.5) is 5.69 Å². The first kappa shape index (κ1) is 15.2. The number of sulfonamides is 1. The van der Waals surface area contributed by atoms with Crippen molar-refractivity contribution in [1.82, 2.24) is 10.2 Å². The molecule has 6 nitrogen and oxygen atoms in total. The molecule has 1 heterocycles. The van der Waals surface area contributed by atoms with E-state index in [1.54, 1.807) is 49.4 Å². The molecule has 3 aromatic rings. The van der Waals surface area contributed by atoms with Gasteiger partial charge in [-0.05, 0) is 42.8 Å². The zero-order chi connectivity index (χ0) is 16.4. The van der Waals surface area contributed by atoms with Crippen LogP contribution in [0.15, 0.2) is 57.8 Å². The third kappa shape index (κ3) is 3.40. The summed E-state index contributed by atoms with van der Waals surface area (Å²) < 4.78 is 32.8. The number of hydrogen-bond acceptors (Lipinski definition) is 5. The van der Waals surface area contributed by atoms with Gasteiger partial charge in [-0.25, -0.2) is 8.42 Å². The van der Waals surface area contributed by atoms with Gasteiger partial charge in [-0.3, -0.25) is 4.72 Å². The molecule has 1 aromatic heterocycles. The number of aryl methyl sites for hydroxylation is 2. The molecule has 0 radical (unpaired) electrons. The van der Waals surface area contributed by atoms with Crippen LogP contribution in [0, 0.1) is 13.8 Å². The number of aromatic nitrogens is 2. The van der Waals surface area contributed by atoms with Crippen molar-refractivity contribution in [3.63, 3.8) is 0 Å². The minimum atomic E-state index is -3.65. The van der Waals surface area contributed by atoms with E-state index < -0.39 is 10.0 Å². The van der Waals surface area contributed by atoms with Crippen LogP contribution in [0.25, 0.3) is 11.5 Å². The molecule has 0 saturated heterocycles. The summed E-state index contributed by atoms with van der Waals surface area (Å²) in [5.74, 6) is 0.796. The Morgan fingerprint density at radius 2 is 1.78 bits per heavy atom. The summed E-state index contributed by atoms with van der Waals surface area (Å²) >= 11 is 0. The molecule has 0 bridgehead atoms. The van der Waals surface area contributed by atoms with E-state index in [2.05, 4.69) is 14.9 Å². The van der Waals surface area contributed by atoms with Gasteiger partial charge in [-0.2, -0.15) is 0 Å². The molecule has 0 aliphatic heterocycles. The topological polar surface area (TPSA) is 85.1 Å². The van der Waals surface area contributed by atoms with Crippen molar-refractivity contribution >= 4 is 15.7 Å². The molecule has 1 N–H and O–H groups in total. The Balaban J connectivity index is 1.91. The Kier molecular flexibility index (Phi) is 3.87. The Morgan fingerprint density at radius 3 is 2.48 bits per heavy atom. The lowest BCUT2D eigenvalue weighted by Gasteiger charge is -2.09. The maximum atomic E-state index is 12.4. The largest absolute Gasteiger partial charge is 0.421 e. The number of anilines is 1. The molecule has 23 heavy (non-hydrogen) atoms. The van der Waals surface area contributed by atoms with Crippen molar-refractivity contribution in [3.8, 4) is 11.5 Å². The Labute approximate surface area is 134 Å². The molecule has 118 valence electrons. The van der Waals surface area contributed by atoms with Crippen LogP contribution in [0.3, 0.4) is 0 Å². The highest BCUT2D eigenvalue weighted by atomic mass is 32.2. The zero-order valence-electron chi connectivity index (χ0n) is 12.6. The second-order valence-corrected chi connectivity index (χ2v) is 6.81. The number of benzene rings is 2. The summed E-state index contributed by atoms with van der Waals surface area (Å²) in [4.78, 5) is 0.219. The Hall–Kier alpha value is -2.67. The molecule has 0 fully saturated rings. The lowest BCUT2D eigenvalue weighted by molar-refractivity contribution is 0.533. The summed E-state index contributed by atoms with van der Waals surface area (Å²) in [7, 11) is -3.65. The maximum Gasteiger partial charge on any atom is 0.261 e. The average molecular weight is 329 g/mol. The molecule has 7 heteroatoms. The van der Waals surface area contributed by atoms with Gasteiger partial charge in [0.1, 0.15) is 0 Å². The van der Waals surface area contributed by atoms with E-state index in [-0.39, 0.29) is 4.90 Å². The average Bonchev–Trinajstić information content (AvgIpc) is 2.94. The second-order valence-electron chi connectivity index (χ2n) is 5.13. The molecule has 2 aromatic carbocycles. The summed E-state index contributed by atoms with van der Waals surface area (Å²) in [5.41, 5.74) is 1.96. The van der Waals surface area contributed by atoms with Crippen LogP contribution in [0.2, 0.25) is 0 Å². The van der Waals surface area contributed by atoms with Crippen molar-refractivity contribution in [2.24, 2.45) is 0 Å². The molecule has 0 saturated carbocycles. The highest BCUT2D eigenvalue weighted by Gasteiger charge is 2.15. The fourth-order valence-corrected chi connectivity index (χ4v) is 3.28. The van der Waals surface area contributed by atoms with Gasteiger partial charge in [0.2, 0.25) is 11.8 Å². The van der Waals surface area contributed by atoms with E-state index >= 15 is 0 Å². The number of nitrogens with zero attached hydrogens (tertiary/aromatic N) is 2. The van der Waals surface area contributed by atoms with E-state index in [0.717, 1.165) is 5.56 Å². The van der Waals surface area contributed by atoms with Gasteiger partial charge >= 0.3 is 0 Å². The van der Waals surface area contributed by atoms with Crippen LogP contribution < -0.4 is 4.72 Å². The first-order chi connectivity index (χ1) is 10.9. The number of hydrogen-bond donors (Lipinski definition) is 1. The Bertz CT molecular complexity index is 948. The van der Waals surface area contributed by atoms with Crippen molar-refractivity contribution in [3.05, 3.63) is 60.0 Å². The van der Waals surface area contributed by atoms with Crippen molar-refractivity contribution in [2.45, 2.75) is 18.7 Å². The second kappa shape index (κ2) is 5.85. The number of rotatable bonds is 4. The third-order valence-corrected chi connectivity index (χ3v) is 4.57. The highest BCUT2D eigenvalue weighted by Crippen LogP contribution is 2.23. The monoisotopic (exact) mass is 329 g/mol. The summed E-state index contributed by atoms with van der Waals surface area (Å²) in [6.07, 6.45) is 0. The molecular formula is C16H15N3O3S. The molecule has 0 amide bonds. The Morgan fingerprint density at radius 1 is 1.00 bits per heavy atom. The lowest BCUT2D eigenvalue weighted by Crippen LogP contribution is -2.13. The van der Waals surface area contributed by atoms with Crippen molar-refractivity contribution in [1.29, 1.82) is 0 Å². The van der Waals surface area contributed by atoms with Gasteiger partial charge in [-0.15, -0.1) is 10.2 Å². The van der Waals surface area contributed by atoms with Crippen LogP contribution in [0.5, 0.6) is 0 Å². The molecule has 0 atom stereocenters. The molecule has 0 spiro atoms. The maximum absolute atomic E-state index is 12.4. The van der Waals surface area contributed by atoms with Gasteiger partial charge in [0, 0.05) is 18.2 Å². The number of nitrogens with one attached hydrogen (secondary N) is 1. The van der Waals surface area contributed by atoms with E-state index in [0.29, 0.717) is 23.0 Å². The minimum absolute atomic E-state index is 0.219. The predicted octanol–water partition coefficient (Wildman–Crippen LogP) is 3.15. The smallest absolute Gasteiger partial charge is 0.261 e. The van der Waals surface area contributed by atoms with Crippen molar-refractivity contribution in [2.75, 3.05) is 4.72 Å². The van der Waals surface area contributed by atoms with Crippen LogP contribution >= 0.6 is 0 Å². The first-order valence-electron chi connectivity index (χ1n) is 6.94. The highest BCUT2D eigenvalue weighted by molar-refractivity contribution is 7.92. The third-order valence-electron chi connectivity index (χ3n) is 3.19. The fraction of sp³-hybridized carbons (Fsp3) is 0.125. The van der Waals surface area contributed by atoms with Crippen LogP contribution in [-0.2, 0) is 10.0 Å². The minimum Gasteiger partial charge on any atom is -0.421 e. The molecule has 3 rings (SSSR count). The van der Waals surface area contributed by atoms with E-state index in [9.17, 15) is 8.42 Å². The molecule has 0 aliphatic carbocycles. The van der Waals surface area contributed by atoms with Gasteiger partial charge in [-0.1, -0.05) is 18.2 Å². The van der Waals surface area contributed by atoms with Crippen LogP contribution in [0.1, 0.15) is 11.5 Å². The summed E-state index contributed by atoms with van der Waals surface area (Å²) in [6, 6.07) is 13.5. The van der Waals surface area contributed by atoms with Gasteiger partial charge in [0.25, 0.3) is 10.0 Å². The molecule has 0 unspecified atom stereocenters. The SMILES string of the molecule is Cc1cccc(S(=O)(=O)Nc2cccc(-c3nnc(C)o3)c2)c1.